The second-order valence-electron chi connectivity index (χ2n) is 8.36. The molecule has 0 aliphatic carbocycles. The molecule has 2 aromatic rings. The van der Waals surface area contributed by atoms with Gasteiger partial charge in [-0.05, 0) is 54.5 Å². The Morgan fingerprint density at radius 2 is 2.03 bits per heavy atom. The number of fused-ring (bicyclic) bond motifs is 1. The molecular weight excluding hydrogens is 448 g/mol. The first-order chi connectivity index (χ1) is 15.3. The van der Waals surface area contributed by atoms with E-state index in [0.29, 0.717) is 32.5 Å². The summed E-state index contributed by atoms with van der Waals surface area (Å²) < 4.78 is 26.0. The normalized spacial score (nSPS) is 18.7. The fourth-order valence-corrected chi connectivity index (χ4v) is 5.86. The Morgan fingerprint density at radius 3 is 2.75 bits per heavy atom. The van der Waals surface area contributed by atoms with E-state index in [9.17, 15) is 18.0 Å². The number of hydrogen-bond acceptors (Lipinski definition) is 5. The van der Waals surface area contributed by atoms with Gasteiger partial charge in [-0.15, -0.1) is 11.3 Å². The van der Waals surface area contributed by atoms with E-state index in [1.54, 1.807) is 34.4 Å². The molecule has 3 heterocycles. The van der Waals surface area contributed by atoms with E-state index in [-0.39, 0.29) is 22.9 Å². The summed E-state index contributed by atoms with van der Waals surface area (Å²) in [4.78, 5) is 30.4. The van der Waals surface area contributed by atoms with Crippen LogP contribution in [0.4, 0.5) is 10.5 Å². The highest BCUT2D eigenvalue weighted by atomic mass is 32.2. The van der Waals surface area contributed by atoms with Crippen molar-refractivity contribution in [3.63, 3.8) is 0 Å². The predicted octanol–water partition coefficient (Wildman–Crippen LogP) is 2.30. The molecule has 8 nitrogen and oxygen atoms in total. The zero-order chi connectivity index (χ0) is 22.9. The molecule has 0 saturated carbocycles. The number of carbonyl (C=O) groups excluding carboxylic acids is 2. The van der Waals surface area contributed by atoms with Gasteiger partial charge in [-0.1, -0.05) is 6.07 Å². The number of nitrogens with zero attached hydrogens (tertiary/aromatic N) is 3. The second kappa shape index (κ2) is 9.21. The minimum Gasteiger partial charge on any atom is -0.340 e. The summed E-state index contributed by atoms with van der Waals surface area (Å²) in [5.41, 5.74) is 1.58. The summed E-state index contributed by atoms with van der Waals surface area (Å²) in [6.07, 6.45) is 2.68. The third-order valence-corrected chi connectivity index (χ3v) is 8.66. The van der Waals surface area contributed by atoms with Crippen molar-refractivity contribution in [3.05, 3.63) is 46.2 Å². The van der Waals surface area contributed by atoms with Crippen molar-refractivity contribution in [2.24, 2.45) is 0 Å². The van der Waals surface area contributed by atoms with Crippen molar-refractivity contribution >= 4 is 39.0 Å². The van der Waals surface area contributed by atoms with Gasteiger partial charge in [0.15, 0.2) is 0 Å². The van der Waals surface area contributed by atoms with E-state index in [4.69, 9.17) is 0 Å². The number of hydrogen-bond donors (Lipinski definition) is 1. The van der Waals surface area contributed by atoms with Gasteiger partial charge in [-0.25, -0.2) is 17.5 Å². The van der Waals surface area contributed by atoms with Gasteiger partial charge in [0.05, 0.1) is 11.3 Å². The van der Waals surface area contributed by atoms with Gasteiger partial charge >= 0.3 is 6.03 Å². The lowest BCUT2D eigenvalue weighted by Gasteiger charge is -2.34. The maximum atomic E-state index is 13.0. The van der Waals surface area contributed by atoms with Gasteiger partial charge in [-0.2, -0.15) is 0 Å². The largest absolute Gasteiger partial charge is 0.340 e. The van der Waals surface area contributed by atoms with E-state index in [1.165, 1.54) is 18.4 Å². The summed E-state index contributed by atoms with van der Waals surface area (Å²) in [5.74, 6) is 0.0903. The molecule has 3 amide bonds. The molecule has 1 N–H and O–H groups in total. The van der Waals surface area contributed by atoms with E-state index in [2.05, 4.69) is 5.32 Å². The molecule has 0 bridgehead atoms. The Morgan fingerprint density at radius 1 is 1.22 bits per heavy atom. The number of rotatable bonds is 5. The van der Waals surface area contributed by atoms with Crippen LogP contribution in [0, 0.1) is 0 Å². The predicted molar refractivity (Wildman–Crippen MR) is 125 cm³/mol. The smallest absolute Gasteiger partial charge is 0.322 e. The van der Waals surface area contributed by atoms with Gasteiger partial charge in [0.1, 0.15) is 0 Å². The second-order valence-corrected chi connectivity index (χ2v) is 11.5. The van der Waals surface area contributed by atoms with Crippen LogP contribution in [0.25, 0.3) is 0 Å². The van der Waals surface area contributed by atoms with Gasteiger partial charge in [0.2, 0.25) is 15.9 Å². The molecule has 10 heteroatoms. The number of thiophene rings is 1. The molecule has 1 aromatic heterocycles. The number of urea groups is 1. The average molecular weight is 477 g/mol. The monoisotopic (exact) mass is 476 g/mol. The summed E-state index contributed by atoms with van der Waals surface area (Å²) in [5, 5.41) is 5.04. The third kappa shape index (κ3) is 4.67. The van der Waals surface area contributed by atoms with Crippen LogP contribution >= 0.6 is 11.3 Å². The van der Waals surface area contributed by atoms with Gasteiger partial charge in [0, 0.05) is 50.3 Å². The summed E-state index contributed by atoms with van der Waals surface area (Å²) >= 11 is 1.58. The molecule has 4 rings (SSSR count). The SMILES string of the molecule is CN(C)S(=O)(=O)c1ccc2c(c1)CCN2C(=O)NC1CCCN(C(=O)Cc2cccs2)C1. The Bertz CT molecular complexity index is 1100. The summed E-state index contributed by atoms with van der Waals surface area (Å²) in [7, 11) is -0.513. The number of amides is 3. The van der Waals surface area contributed by atoms with Crippen molar-refractivity contribution in [2.75, 3.05) is 38.6 Å². The Balaban J connectivity index is 1.39. The highest BCUT2D eigenvalue weighted by molar-refractivity contribution is 7.89. The first kappa shape index (κ1) is 22.8. The number of anilines is 1. The molecule has 1 unspecified atom stereocenters. The van der Waals surface area contributed by atoms with Crippen LogP contribution in [-0.4, -0.2) is 69.3 Å². The Labute approximate surface area is 192 Å². The van der Waals surface area contributed by atoms with Crippen LogP contribution in [0.1, 0.15) is 23.3 Å². The van der Waals surface area contributed by atoms with Crippen molar-refractivity contribution < 1.29 is 18.0 Å². The first-order valence-corrected chi connectivity index (χ1v) is 13.0. The van der Waals surface area contributed by atoms with Crippen molar-refractivity contribution in [1.29, 1.82) is 0 Å². The van der Waals surface area contributed by atoms with Crippen LogP contribution in [0.15, 0.2) is 40.6 Å². The van der Waals surface area contributed by atoms with Crippen LogP contribution < -0.4 is 10.2 Å². The van der Waals surface area contributed by atoms with E-state index < -0.39 is 10.0 Å². The number of sulfonamides is 1. The van der Waals surface area contributed by atoms with Crippen LogP contribution in [0.3, 0.4) is 0 Å². The molecule has 32 heavy (non-hydrogen) atoms. The average Bonchev–Trinajstić information content (AvgIpc) is 3.43. The maximum Gasteiger partial charge on any atom is 0.322 e. The third-order valence-electron chi connectivity index (χ3n) is 5.98. The first-order valence-electron chi connectivity index (χ1n) is 10.7. The summed E-state index contributed by atoms with van der Waals surface area (Å²) in [6.45, 7) is 1.73. The Kier molecular flexibility index (Phi) is 6.55. The minimum absolute atomic E-state index is 0.0903. The highest BCUT2D eigenvalue weighted by Crippen LogP contribution is 2.31. The molecule has 172 valence electrons. The van der Waals surface area contributed by atoms with Gasteiger partial charge in [0.25, 0.3) is 0 Å². The van der Waals surface area contributed by atoms with Crippen LogP contribution in [0.5, 0.6) is 0 Å². The Hall–Kier alpha value is -2.43. The van der Waals surface area contributed by atoms with Gasteiger partial charge < -0.3 is 10.2 Å². The lowest BCUT2D eigenvalue weighted by atomic mass is 10.1. The quantitative estimate of drug-likeness (QED) is 0.717. The van der Waals surface area contributed by atoms with Crippen LogP contribution in [0.2, 0.25) is 0 Å². The van der Waals surface area contributed by atoms with E-state index >= 15 is 0 Å². The molecular formula is C22H28N4O4S2. The zero-order valence-corrected chi connectivity index (χ0v) is 19.9. The fourth-order valence-electron chi connectivity index (χ4n) is 4.21. The lowest BCUT2D eigenvalue weighted by molar-refractivity contribution is -0.131. The molecule has 0 radical (unpaired) electrons. The maximum absolute atomic E-state index is 13.0. The summed E-state index contributed by atoms with van der Waals surface area (Å²) in [6, 6.07) is 8.51. The molecule has 1 saturated heterocycles. The number of piperidine rings is 1. The highest BCUT2D eigenvalue weighted by Gasteiger charge is 2.30. The number of likely N-dealkylation sites (tertiary alicyclic amines) is 1. The topological polar surface area (TPSA) is 90.0 Å². The van der Waals surface area contributed by atoms with Crippen molar-refractivity contribution in [1.82, 2.24) is 14.5 Å². The molecule has 1 aromatic carbocycles. The zero-order valence-electron chi connectivity index (χ0n) is 18.3. The fraction of sp³-hybridized carbons (Fsp3) is 0.455. The molecule has 1 atom stereocenters. The minimum atomic E-state index is -3.51. The molecule has 2 aliphatic rings. The number of nitrogens with one attached hydrogen (secondary N) is 1. The molecule has 1 fully saturated rings. The molecule has 2 aliphatic heterocycles. The van der Waals surface area contributed by atoms with Crippen molar-refractivity contribution in [2.45, 2.75) is 36.6 Å². The number of benzene rings is 1. The van der Waals surface area contributed by atoms with Gasteiger partial charge in [-0.3, -0.25) is 9.69 Å². The van der Waals surface area contributed by atoms with E-state index in [0.717, 1.165) is 29.0 Å². The standard InChI is InChI=1S/C22H28N4O4S2/c1-24(2)32(29,30)19-7-8-20-16(13-19)9-11-26(20)22(28)23-17-5-3-10-25(15-17)21(27)14-18-6-4-12-31-18/h4,6-8,12-13,17H,3,5,9-11,14-15H2,1-2H3,(H,23,28). The molecule has 0 spiro atoms. The lowest BCUT2D eigenvalue weighted by Crippen LogP contribution is -2.52. The number of carbonyl (C=O) groups is 2. The van der Waals surface area contributed by atoms with Crippen molar-refractivity contribution in [3.8, 4) is 0 Å². The van der Waals surface area contributed by atoms with E-state index in [1.807, 2.05) is 22.4 Å². The van der Waals surface area contributed by atoms with Crippen LogP contribution in [-0.2, 0) is 27.7 Å².